The van der Waals surface area contributed by atoms with Gasteiger partial charge in [0.15, 0.2) is 6.61 Å². The molecule has 1 aliphatic rings. The van der Waals surface area contributed by atoms with E-state index in [4.69, 9.17) is 15.2 Å². The molecule has 1 aromatic rings. The smallest absolute Gasteiger partial charge is 0.337 e. The fourth-order valence-electron chi connectivity index (χ4n) is 2.24. The number of nitrogens with one attached hydrogen (secondary N) is 2. The van der Waals surface area contributed by atoms with E-state index < -0.39 is 23.9 Å². The Morgan fingerprint density at radius 3 is 2.48 bits per heavy atom. The van der Waals surface area contributed by atoms with Gasteiger partial charge in [0, 0.05) is 5.70 Å². The Hall–Kier alpha value is -3.03. The monoisotopic (exact) mass is 319 g/mol. The van der Waals surface area contributed by atoms with E-state index in [0.717, 1.165) is 0 Å². The van der Waals surface area contributed by atoms with E-state index in [1.54, 1.807) is 31.2 Å². The Kier molecular flexibility index (Phi) is 4.85. The van der Waals surface area contributed by atoms with Crippen molar-refractivity contribution in [2.45, 2.75) is 13.0 Å². The third kappa shape index (κ3) is 3.79. The number of ether oxygens (including phenoxy) is 2. The second kappa shape index (κ2) is 6.82. The summed E-state index contributed by atoms with van der Waals surface area (Å²) >= 11 is 0. The predicted octanol–water partition coefficient (Wildman–Crippen LogP) is 0.352. The quantitative estimate of drug-likeness (QED) is 0.677. The number of nitrogens with two attached hydrogens (primary N) is 1. The summed E-state index contributed by atoms with van der Waals surface area (Å²) < 4.78 is 9.94. The maximum atomic E-state index is 12.0. The summed E-state index contributed by atoms with van der Waals surface area (Å²) in [5.74, 6) is -0.659. The molecule has 0 aromatic heterocycles. The number of rotatable bonds is 5. The van der Waals surface area contributed by atoms with Crippen LogP contribution in [0, 0.1) is 0 Å². The predicted molar refractivity (Wildman–Crippen MR) is 80.3 cm³/mol. The van der Waals surface area contributed by atoms with Crippen LogP contribution in [0.5, 0.6) is 5.75 Å². The van der Waals surface area contributed by atoms with Crippen LogP contribution in [-0.4, -0.2) is 31.6 Å². The fourth-order valence-corrected chi connectivity index (χ4v) is 2.24. The minimum Gasteiger partial charge on any atom is -0.484 e. The maximum Gasteiger partial charge on any atom is 0.337 e. The lowest BCUT2D eigenvalue weighted by molar-refractivity contribution is -0.136. The number of hydrogen-bond donors (Lipinski definition) is 3. The van der Waals surface area contributed by atoms with Crippen LogP contribution in [-0.2, 0) is 14.3 Å². The van der Waals surface area contributed by atoms with E-state index in [1.807, 2.05) is 0 Å². The highest BCUT2D eigenvalue weighted by Gasteiger charge is 2.31. The highest BCUT2D eigenvalue weighted by Crippen LogP contribution is 2.28. The van der Waals surface area contributed by atoms with E-state index in [1.165, 1.54) is 7.11 Å². The summed E-state index contributed by atoms with van der Waals surface area (Å²) in [7, 11) is 1.27. The Morgan fingerprint density at radius 2 is 1.91 bits per heavy atom. The van der Waals surface area contributed by atoms with E-state index in [9.17, 15) is 14.4 Å². The molecular weight excluding hydrogens is 302 g/mol. The summed E-state index contributed by atoms with van der Waals surface area (Å²) in [4.78, 5) is 34.3. The average molecular weight is 319 g/mol. The normalized spacial score (nSPS) is 17.1. The molecule has 0 aliphatic carbocycles. The van der Waals surface area contributed by atoms with Gasteiger partial charge in [0.05, 0.1) is 18.7 Å². The van der Waals surface area contributed by atoms with Crippen molar-refractivity contribution in [3.63, 3.8) is 0 Å². The van der Waals surface area contributed by atoms with Gasteiger partial charge < -0.3 is 25.8 Å². The van der Waals surface area contributed by atoms with Crippen molar-refractivity contribution in [1.29, 1.82) is 0 Å². The zero-order valence-electron chi connectivity index (χ0n) is 12.7. The van der Waals surface area contributed by atoms with Gasteiger partial charge in [0.25, 0.3) is 5.91 Å². The molecule has 0 fully saturated rings. The Balaban J connectivity index is 2.27. The second-order valence-electron chi connectivity index (χ2n) is 4.89. The van der Waals surface area contributed by atoms with Crippen molar-refractivity contribution in [2.24, 2.45) is 5.73 Å². The SMILES string of the molecule is COC(=O)C1=C(C)NC(=O)N[C@@H]1c1ccc(OCC(N)=O)cc1. The number of carbonyl (C=O) groups is 3. The molecule has 0 saturated carbocycles. The number of esters is 1. The number of carbonyl (C=O) groups excluding carboxylic acids is 3. The van der Waals surface area contributed by atoms with Crippen LogP contribution in [0.2, 0.25) is 0 Å². The van der Waals surface area contributed by atoms with E-state index >= 15 is 0 Å². The highest BCUT2D eigenvalue weighted by molar-refractivity contribution is 5.94. The van der Waals surface area contributed by atoms with Crippen molar-refractivity contribution >= 4 is 17.9 Å². The first-order valence-corrected chi connectivity index (χ1v) is 6.80. The van der Waals surface area contributed by atoms with Gasteiger partial charge in [0.2, 0.25) is 0 Å². The number of allylic oxidation sites excluding steroid dienone is 1. The summed E-state index contributed by atoms with van der Waals surface area (Å²) in [5.41, 5.74) is 6.43. The molecule has 0 bridgehead atoms. The lowest BCUT2D eigenvalue weighted by Crippen LogP contribution is -2.45. The second-order valence-corrected chi connectivity index (χ2v) is 4.89. The number of primary amides is 1. The Labute approximate surface area is 132 Å². The first-order chi connectivity index (χ1) is 10.9. The van der Waals surface area contributed by atoms with Crippen LogP contribution in [0.25, 0.3) is 0 Å². The molecule has 8 heteroatoms. The molecule has 1 heterocycles. The van der Waals surface area contributed by atoms with Crippen LogP contribution in [0.3, 0.4) is 0 Å². The van der Waals surface area contributed by atoms with Gasteiger partial charge in [0.1, 0.15) is 5.75 Å². The number of hydrogen-bond acceptors (Lipinski definition) is 5. The molecule has 0 radical (unpaired) electrons. The van der Waals surface area contributed by atoms with Crippen molar-refractivity contribution < 1.29 is 23.9 Å². The molecule has 0 saturated heterocycles. The molecule has 1 aliphatic heterocycles. The van der Waals surface area contributed by atoms with E-state index in [2.05, 4.69) is 10.6 Å². The molecule has 122 valence electrons. The van der Waals surface area contributed by atoms with Crippen LogP contribution >= 0.6 is 0 Å². The molecule has 8 nitrogen and oxygen atoms in total. The standard InChI is InChI=1S/C15H17N3O5/c1-8-12(14(20)22-2)13(18-15(21)17-8)9-3-5-10(6-4-9)23-7-11(16)19/h3-6,13H,7H2,1-2H3,(H2,16,19)(H2,17,18,21)/t13-/m1/s1. The first-order valence-electron chi connectivity index (χ1n) is 6.80. The van der Waals surface area contributed by atoms with Crippen LogP contribution in [0.15, 0.2) is 35.5 Å². The summed E-state index contributed by atoms with van der Waals surface area (Å²) in [5, 5.41) is 5.22. The van der Waals surface area contributed by atoms with Gasteiger partial charge in [-0.15, -0.1) is 0 Å². The molecule has 23 heavy (non-hydrogen) atoms. The minimum absolute atomic E-state index is 0.226. The molecular formula is C15H17N3O5. The van der Waals surface area contributed by atoms with Gasteiger partial charge in [-0.05, 0) is 24.6 Å². The molecule has 0 unspecified atom stereocenters. The van der Waals surface area contributed by atoms with Crippen molar-refractivity contribution in [2.75, 3.05) is 13.7 Å². The number of methoxy groups -OCH3 is 1. The Morgan fingerprint density at radius 1 is 1.26 bits per heavy atom. The number of amides is 3. The minimum atomic E-state index is -0.638. The topological polar surface area (TPSA) is 120 Å². The summed E-state index contributed by atoms with van der Waals surface area (Å²) in [6.45, 7) is 1.40. The van der Waals surface area contributed by atoms with Crippen LogP contribution < -0.4 is 21.1 Å². The van der Waals surface area contributed by atoms with Crippen molar-refractivity contribution in [3.05, 3.63) is 41.1 Å². The third-order valence-electron chi connectivity index (χ3n) is 3.27. The molecule has 0 spiro atoms. The fraction of sp³-hybridized carbons (Fsp3) is 0.267. The van der Waals surface area contributed by atoms with Gasteiger partial charge in [-0.2, -0.15) is 0 Å². The van der Waals surface area contributed by atoms with E-state index in [0.29, 0.717) is 22.6 Å². The zero-order valence-corrected chi connectivity index (χ0v) is 12.7. The molecule has 2 rings (SSSR count). The van der Waals surface area contributed by atoms with Gasteiger partial charge in [-0.1, -0.05) is 12.1 Å². The number of urea groups is 1. The maximum absolute atomic E-state index is 12.0. The van der Waals surface area contributed by atoms with Crippen LogP contribution in [0.1, 0.15) is 18.5 Å². The third-order valence-corrected chi connectivity index (χ3v) is 3.27. The van der Waals surface area contributed by atoms with Crippen molar-refractivity contribution in [1.82, 2.24) is 10.6 Å². The summed E-state index contributed by atoms with van der Waals surface area (Å²) in [6, 6.07) is 5.56. The number of benzene rings is 1. The lowest BCUT2D eigenvalue weighted by Gasteiger charge is -2.27. The van der Waals surface area contributed by atoms with Gasteiger partial charge in [-0.25, -0.2) is 9.59 Å². The van der Waals surface area contributed by atoms with Gasteiger partial charge >= 0.3 is 12.0 Å². The molecule has 4 N–H and O–H groups in total. The van der Waals surface area contributed by atoms with Crippen LogP contribution in [0.4, 0.5) is 4.79 Å². The summed E-state index contributed by atoms with van der Waals surface area (Å²) in [6.07, 6.45) is 0. The molecule has 1 aromatic carbocycles. The molecule has 3 amide bonds. The molecule has 1 atom stereocenters. The van der Waals surface area contributed by atoms with E-state index in [-0.39, 0.29) is 6.61 Å². The Bertz CT molecular complexity index is 666. The highest BCUT2D eigenvalue weighted by atomic mass is 16.5. The first kappa shape index (κ1) is 16.3. The largest absolute Gasteiger partial charge is 0.484 e. The zero-order chi connectivity index (χ0) is 17.0. The van der Waals surface area contributed by atoms with Gasteiger partial charge in [-0.3, -0.25) is 4.79 Å². The average Bonchev–Trinajstić information content (AvgIpc) is 2.52. The van der Waals surface area contributed by atoms with Crippen molar-refractivity contribution in [3.8, 4) is 5.75 Å². The lowest BCUT2D eigenvalue weighted by atomic mass is 9.95.